The molecule has 5 rings (SSSR count). The highest BCUT2D eigenvalue weighted by atomic mass is 79.9. The van der Waals surface area contributed by atoms with Crippen molar-refractivity contribution in [3.63, 3.8) is 0 Å². The summed E-state index contributed by atoms with van der Waals surface area (Å²) in [5.74, 6) is 1.64. The van der Waals surface area contributed by atoms with Gasteiger partial charge in [0, 0.05) is 26.2 Å². The van der Waals surface area contributed by atoms with Gasteiger partial charge in [0.25, 0.3) is 0 Å². The number of halogens is 1. The third-order valence-electron chi connectivity index (χ3n) is 6.31. The van der Waals surface area contributed by atoms with E-state index in [2.05, 4.69) is 46.2 Å². The fourth-order valence-corrected chi connectivity index (χ4v) is 4.67. The molecule has 3 aromatic rings. The van der Waals surface area contributed by atoms with Crippen LogP contribution in [0.5, 0.6) is 11.5 Å². The number of hydrazone groups is 1. The third kappa shape index (κ3) is 6.84. The van der Waals surface area contributed by atoms with Gasteiger partial charge < -0.3 is 28.7 Å². The van der Waals surface area contributed by atoms with Crippen LogP contribution in [0.15, 0.2) is 46.0 Å². The average Bonchev–Trinajstić information content (AvgIpc) is 2.99. The molecular formula is C27H30BrN7O5. The number of rotatable bonds is 8. The zero-order valence-electron chi connectivity index (χ0n) is 22.3. The first-order chi connectivity index (χ1) is 19.5. The van der Waals surface area contributed by atoms with Gasteiger partial charge in [-0.2, -0.15) is 20.1 Å². The summed E-state index contributed by atoms with van der Waals surface area (Å²) in [6, 6.07) is 10.7. The fraction of sp³-hybridized carbons (Fsp3) is 0.370. The van der Waals surface area contributed by atoms with Crippen molar-refractivity contribution in [1.82, 2.24) is 15.0 Å². The summed E-state index contributed by atoms with van der Waals surface area (Å²) >= 11 is 3.49. The van der Waals surface area contributed by atoms with E-state index in [0.717, 1.165) is 5.56 Å². The van der Waals surface area contributed by atoms with Gasteiger partial charge in [0.2, 0.25) is 17.8 Å². The van der Waals surface area contributed by atoms with Crippen molar-refractivity contribution in [2.24, 2.45) is 5.10 Å². The molecule has 1 aromatic heterocycles. The zero-order chi connectivity index (χ0) is 27.9. The molecule has 0 atom stereocenters. The maximum absolute atomic E-state index is 12.7. The number of carbonyl (C=O) groups is 1. The molecular weight excluding hydrogens is 582 g/mol. The molecule has 0 saturated carbocycles. The smallest absolute Gasteiger partial charge is 0.343 e. The molecule has 13 heteroatoms. The van der Waals surface area contributed by atoms with Crippen LogP contribution in [0.25, 0.3) is 0 Å². The Bertz CT molecular complexity index is 1320. The van der Waals surface area contributed by atoms with Crippen molar-refractivity contribution >= 4 is 46.0 Å². The number of nitrogens with one attached hydrogen (secondary N) is 1. The predicted molar refractivity (Wildman–Crippen MR) is 154 cm³/mol. The number of hydrogen-bond acceptors (Lipinski definition) is 12. The number of esters is 1. The Hall–Kier alpha value is -3.81. The summed E-state index contributed by atoms with van der Waals surface area (Å²) in [7, 11) is 1.51. The van der Waals surface area contributed by atoms with E-state index in [1.807, 2.05) is 19.1 Å². The van der Waals surface area contributed by atoms with Gasteiger partial charge in [-0.1, -0.05) is 17.7 Å². The molecule has 1 N–H and O–H groups in total. The van der Waals surface area contributed by atoms with Gasteiger partial charge in [-0.05, 0) is 52.7 Å². The zero-order valence-corrected chi connectivity index (χ0v) is 23.9. The van der Waals surface area contributed by atoms with E-state index in [0.29, 0.717) is 91.8 Å². The summed E-state index contributed by atoms with van der Waals surface area (Å²) in [5.41, 5.74) is 5.13. The van der Waals surface area contributed by atoms with Crippen LogP contribution in [-0.4, -0.2) is 86.9 Å². The minimum absolute atomic E-state index is 0.279. The van der Waals surface area contributed by atoms with Crippen LogP contribution < -0.4 is 24.7 Å². The van der Waals surface area contributed by atoms with Crippen LogP contribution in [0.1, 0.15) is 21.5 Å². The van der Waals surface area contributed by atoms with Gasteiger partial charge in [-0.25, -0.2) is 10.2 Å². The maximum Gasteiger partial charge on any atom is 0.343 e. The number of benzene rings is 2. The normalized spacial score (nSPS) is 15.8. The van der Waals surface area contributed by atoms with Crippen LogP contribution in [0, 0.1) is 6.92 Å². The first-order valence-electron chi connectivity index (χ1n) is 12.9. The van der Waals surface area contributed by atoms with Crippen molar-refractivity contribution < 1.29 is 23.7 Å². The lowest BCUT2D eigenvalue weighted by molar-refractivity contribution is 0.0728. The average molecular weight is 612 g/mol. The minimum Gasteiger partial charge on any atom is -0.493 e. The van der Waals surface area contributed by atoms with Crippen LogP contribution in [0.3, 0.4) is 0 Å². The molecule has 0 unspecified atom stereocenters. The number of hydrogen-bond donors (Lipinski definition) is 1. The number of morpholine rings is 2. The van der Waals surface area contributed by atoms with Gasteiger partial charge in [0.1, 0.15) is 0 Å². The summed E-state index contributed by atoms with van der Waals surface area (Å²) in [6.07, 6.45) is 1.60. The number of aryl methyl sites for hydroxylation is 1. The van der Waals surface area contributed by atoms with Crippen molar-refractivity contribution in [2.75, 3.05) is 74.9 Å². The number of aromatic nitrogens is 3. The second-order valence-corrected chi connectivity index (χ2v) is 9.97. The van der Waals surface area contributed by atoms with E-state index in [9.17, 15) is 4.79 Å². The summed E-state index contributed by atoms with van der Waals surface area (Å²) in [6.45, 7) is 7.22. The maximum atomic E-state index is 12.7. The summed E-state index contributed by atoms with van der Waals surface area (Å²) in [5, 5.41) is 4.35. The molecule has 0 aliphatic carbocycles. The largest absolute Gasteiger partial charge is 0.493 e. The number of ether oxygens (including phenoxy) is 4. The molecule has 2 aliphatic heterocycles. The number of anilines is 3. The van der Waals surface area contributed by atoms with Crippen LogP contribution >= 0.6 is 15.9 Å². The van der Waals surface area contributed by atoms with E-state index < -0.39 is 5.97 Å². The Morgan fingerprint density at radius 2 is 1.57 bits per heavy atom. The van der Waals surface area contributed by atoms with Gasteiger partial charge in [-0.15, -0.1) is 0 Å². The van der Waals surface area contributed by atoms with Crippen LogP contribution in [0.4, 0.5) is 17.8 Å². The third-order valence-corrected chi connectivity index (χ3v) is 6.90. The highest BCUT2D eigenvalue weighted by Crippen LogP contribution is 2.37. The number of carbonyl (C=O) groups excluding carboxylic acids is 1. The predicted octanol–water partition coefficient (Wildman–Crippen LogP) is 3.29. The lowest BCUT2D eigenvalue weighted by atomic mass is 10.1. The Morgan fingerprint density at radius 1 is 0.975 bits per heavy atom. The Kier molecular flexibility index (Phi) is 9.04. The number of nitrogens with zero attached hydrogens (tertiary/aromatic N) is 6. The molecule has 40 heavy (non-hydrogen) atoms. The molecule has 210 valence electrons. The second kappa shape index (κ2) is 13.0. The Balaban J connectivity index is 1.33. The minimum atomic E-state index is -0.482. The molecule has 2 aliphatic rings. The van der Waals surface area contributed by atoms with Crippen molar-refractivity contribution in [2.45, 2.75) is 6.92 Å². The molecule has 2 fully saturated rings. The van der Waals surface area contributed by atoms with Crippen LogP contribution in [-0.2, 0) is 9.47 Å². The quantitative estimate of drug-likeness (QED) is 0.175. The Morgan fingerprint density at radius 3 is 2.15 bits per heavy atom. The second-order valence-electron chi connectivity index (χ2n) is 9.12. The van der Waals surface area contributed by atoms with E-state index in [4.69, 9.17) is 23.9 Å². The van der Waals surface area contributed by atoms with Crippen molar-refractivity contribution in [3.05, 3.63) is 57.6 Å². The van der Waals surface area contributed by atoms with E-state index in [-0.39, 0.29) is 5.75 Å². The van der Waals surface area contributed by atoms with Gasteiger partial charge in [0.15, 0.2) is 11.5 Å². The first-order valence-corrected chi connectivity index (χ1v) is 13.7. The van der Waals surface area contributed by atoms with Gasteiger partial charge in [0.05, 0.1) is 49.8 Å². The van der Waals surface area contributed by atoms with Gasteiger partial charge >= 0.3 is 5.97 Å². The fourth-order valence-electron chi connectivity index (χ4n) is 4.13. The molecule has 12 nitrogen and oxygen atoms in total. The molecule has 0 radical (unpaired) electrons. The van der Waals surface area contributed by atoms with E-state index in [1.54, 1.807) is 30.5 Å². The van der Waals surface area contributed by atoms with Crippen molar-refractivity contribution in [3.8, 4) is 11.5 Å². The monoisotopic (exact) mass is 611 g/mol. The molecule has 0 amide bonds. The summed E-state index contributed by atoms with van der Waals surface area (Å²) < 4.78 is 22.6. The highest BCUT2D eigenvalue weighted by Gasteiger charge is 2.21. The summed E-state index contributed by atoms with van der Waals surface area (Å²) in [4.78, 5) is 30.7. The molecule has 3 heterocycles. The molecule has 2 saturated heterocycles. The highest BCUT2D eigenvalue weighted by molar-refractivity contribution is 9.10. The van der Waals surface area contributed by atoms with E-state index in [1.165, 1.54) is 7.11 Å². The Labute approximate surface area is 240 Å². The number of methoxy groups -OCH3 is 1. The molecule has 0 spiro atoms. The van der Waals surface area contributed by atoms with Gasteiger partial charge in [-0.3, -0.25) is 0 Å². The van der Waals surface area contributed by atoms with E-state index >= 15 is 0 Å². The molecule has 0 bridgehead atoms. The lowest BCUT2D eigenvalue weighted by Crippen LogP contribution is -2.40. The SMILES string of the molecule is COc1cc(C=NNc2nc(N3CCOCC3)nc(N3CCOCC3)n2)cc(Br)c1OC(=O)c1ccc(C)cc1. The topological polar surface area (TPSA) is 124 Å². The van der Waals surface area contributed by atoms with Crippen LogP contribution in [0.2, 0.25) is 0 Å². The molecule has 2 aromatic carbocycles. The van der Waals surface area contributed by atoms with Crippen molar-refractivity contribution in [1.29, 1.82) is 0 Å². The standard InChI is InChI=1S/C27H30BrN7O5/c1-18-3-5-20(6-4-18)24(36)40-23-21(28)15-19(16-22(23)37-2)17-29-33-25-30-26(34-7-11-38-12-8-34)32-27(31-25)35-9-13-39-14-10-35/h3-6,15-17H,7-14H2,1-2H3,(H,30,31,32,33). The first kappa shape index (κ1) is 27.7. The lowest BCUT2D eigenvalue weighted by Gasteiger charge is -2.30.